The first-order valence-electron chi connectivity index (χ1n) is 20.3. The Morgan fingerprint density at radius 1 is 1.02 bits per heavy atom. The first-order chi connectivity index (χ1) is 28.5. The van der Waals surface area contributed by atoms with Gasteiger partial charge >= 0.3 is 6.18 Å². The number of aryl methyl sites for hydroxylation is 2. The van der Waals surface area contributed by atoms with Crippen molar-refractivity contribution >= 4 is 52.2 Å². The van der Waals surface area contributed by atoms with E-state index in [1.807, 2.05) is 44.2 Å². The largest absolute Gasteiger partial charge is 0.492 e. The smallest absolute Gasteiger partial charge is 0.419 e. The van der Waals surface area contributed by atoms with Gasteiger partial charge in [-0.25, -0.2) is 4.98 Å². The fraction of sp³-hybridized carbons (Fsp3) is 0.477. The lowest BCUT2D eigenvalue weighted by molar-refractivity contribution is -0.138. The molecule has 5 saturated heterocycles. The highest BCUT2D eigenvalue weighted by Gasteiger charge is 2.51. The second-order valence-corrected chi connectivity index (χ2v) is 17.1. The number of fused-ring (bicyclic) bond motifs is 3. The van der Waals surface area contributed by atoms with Crippen LogP contribution >= 0.6 is 12.2 Å². The number of ketones is 1. The van der Waals surface area contributed by atoms with Crippen molar-refractivity contribution < 1.29 is 37.1 Å². The van der Waals surface area contributed by atoms with Gasteiger partial charge in [-0.1, -0.05) is 30.7 Å². The molecule has 60 heavy (non-hydrogen) atoms. The van der Waals surface area contributed by atoms with Crippen LogP contribution in [0.2, 0.25) is 0 Å². The number of carbonyl (C=O) groups excluding carboxylic acids is 4. The third kappa shape index (κ3) is 8.80. The second-order valence-electron chi connectivity index (χ2n) is 16.7. The molecule has 0 radical (unpaired) electrons. The summed E-state index contributed by atoms with van der Waals surface area (Å²) in [5, 5.41) is 11.6. The fourth-order valence-corrected chi connectivity index (χ4v) is 9.62. The summed E-state index contributed by atoms with van der Waals surface area (Å²) in [4.78, 5) is 62.1. The molecule has 2 bridgehead atoms. The van der Waals surface area contributed by atoms with Gasteiger partial charge in [-0.2, -0.15) is 18.4 Å². The summed E-state index contributed by atoms with van der Waals surface area (Å²) in [6.07, 6.45) is 0.605. The van der Waals surface area contributed by atoms with Crippen LogP contribution in [0.25, 0.3) is 0 Å². The van der Waals surface area contributed by atoms with Crippen LogP contribution in [0.5, 0.6) is 5.75 Å². The van der Waals surface area contributed by atoms with E-state index in [1.165, 1.54) is 6.07 Å². The number of ether oxygens (including phenoxy) is 1. The van der Waals surface area contributed by atoms with Crippen molar-refractivity contribution in [1.29, 1.82) is 5.26 Å². The van der Waals surface area contributed by atoms with E-state index in [1.54, 1.807) is 24.8 Å². The van der Waals surface area contributed by atoms with Crippen LogP contribution in [0, 0.1) is 24.2 Å². The van der Waals surface area contributed by atoms with Gasteiger partial charge in [0.15, 0.2) is 16.6 Å². The zero-order valence-corrected chi connectivity index (χ0v) is 34.9. The highest BCUT2D eigenvalue weighted by atomic mass is 32.1. The normalized spacial score (nSPS) is 22.0. The molecule has 16 heteroatoms. The van der Waals surface area contributed by atoms with E-state index in [0.29, 0.717) is 69.3 Å². The van der Waals surface area contributed by atoms with Gasteiger partial charge in [-0.3, -0.25) is 39.2 Å². The summed E-state index contributed by atoms with van der Waals surface area (Å²) in [5.41, 5.74) is 0.975. The Kier molecular flexibility index (Phi) is 12.2. The topological polar surface area (TPSA) is 139 Å². The zero-order chi connectivity index (χ0) is 43.1. The Morgan fingerprint density at radius 3 is 2.40 bits per heavy atom. The van der Waals surface area contributed by atoms with E-state index in [-0.39, 0.29) is 40.4 Å². The summed E-state index contributed by atoms with van der Waals surface area (Å²) in [6, 6.07) is 14.3. The first kappa shape index (κ1) is 42.9. The fourth-order valence-electron chi connectivity index (χ4n) is 9.10. The van der Waals surface area contributed by atoms with Crippen LogP contribution in [0.1, 0.15) is 80.0 Å². The van der Waals surface area contributed by atoms with Crippen molar-refractivity contribution in [3.63, 3.8) is 0 Å². The van der Waals surface area contributed by atoms with E-state index in [9.17, 15) is 37.6 Å². The molecule has 0 spiro atoms. The number of alkyl halides is 3. The van der Waals surface area contributed by atoms with Crippen LogP contribution in [-0.2, 0) is 44.6 Å². The third-order valence-corrected chi connectivity index (χ3v) is 12.5. The highest BCUT2D eigenvalue weighted by Crippen LogP contribution is 2.40. The Labute approximate surface area is 352 Å². The molecule has 1 N–H and O–H groups in total. The Balaban J connectivity index is 0.938. The number of carbonyl (C=O) groups is 4. The molecule has 5 aliphatic heterocycles. The number of Topliss-reactive ketones (excluding diaryl/α,β-unsaturated/α-hetero) is 1. The van der Waals surface area contributed by atoms with Crippen LogP contribution in [0.15, 0.2) is 48.7 Å². The maximum Gasteiger partial charge on any atom is 0.419 e. The van der Waals surface area contributed by atoms with E-state index in [2.05, 4.69) is 20.1 Å². The van der Waals surface area contributed by atoms with Gasteiger partial charge in [0.05, 0.1) is 24.0 Å². The number of piperidine rings is 3. The van der Waals surface area contributed by atoms with Gasteiger partial charge in [0.25, 0.3) is 5.91 Å². The van der Waals surface area contributed by atoms with Crippen molar-refractivity contribution in [2.24, 2.45) is 5.92 Å². The standard InChI is InChI=1S/C44H48F3N7O5S/c1-5-29-19-31(54-42(60)53(41(58)43(54,3)4)34-20-36(44(45,46)47)37(21-48)49-22-34)9-10-38(29)59-13-12-51-23-33-8-7-32(51)24-52(33)25-35(55)18-28-15-26(2)14-27(16-28)17-30-6-11-39(56)50-40(30)57/h9-10,14-16,19-20,22,30,32-33H,5-8,11-13,17-18,23-25H2,1-4H3,(H,50,56,57)/t30?,32-,33-/m0/s1. The maximum atomic E-state index is 13.8. The van der Waals surface area contributed by atoms with Gasteiger partial charge in [-0.15, -0.1) is 0 Å². The minimum Gasteiger partial charge on any atom is -0.492 e. The van der Waals surface area contributed by atoms with E-state index < -0.39 is 28.9 Å². The number of rotatable bonds is 13. The van der Waals surface area contributed by atoms with Gasteiger partial charge in [0.2, 0.25) is 11.8 Å². The van der Waals surface area contributed by atoms with Crippen LogP contribution < -0.4 is 19.9 Å². The molecule has 3 amide bonds. The highest BCUT2D eigenvalue weighted by molar-refractivity contribution is 7.81. The van der Waals surface area contributed by atoms with Crippen molar-refractivity contribution in [3.8, 4) is 11.8 Å². The maximum absolute atomic E-state index is 13.8. The lowest BCUT2D eigenvalue weighted by atomic mass is 9.89. The third-order valence-electron chi connectivity index (χ3n) is 12.1. The van der Waals surface area contributed by atoms with Crippen LogP contribution in [0.4, 0.5) is 24.5 Å². The molecule has 1 aromatic heterocycles. The van der Waals surface area contributed by atoms with Crippen molar-refractivity contribution in [2.75, 3.05) is 42.6 Å². The molecule has 316 valence electrons. The number of imide groups is 1. The molecular weight excluding hydrogens is 796 g/mol. The van der Waals surface area contributed by atoms with Gasteiger partial charge in [0.1, 0.15) is 24.0 Å². The molecule has 2 aromatic carbocycles. The molecule has 1 unspecified atom stereocenters. The van der Waals surface area contributed by atoms with E-state index in [0.717, 1.165) is 65.3 Å². The summed E-state index contributed by atoms with van der Waals surface area (Å²) in [6.45, 7) is 10.4. The summed E-state index contributed by atoms with van der Waals surface area (Å²) in [5.74, 6) is -0.404. The lowest BCUT2D eigenvalue weighted by Gasteiger charge is -2.51. The molecule has 0 saturated carbocycles. The molecule has 6 heterocycles. The Hall–Kier alpha value is -5.24. The molecule has 3 atom stereocenters. The lowest BCUT2D eigenvalue weighted by Crippen LogP contribution is -2.63. The number of pyridine rings is 1. The molecule has 5 fully saturated rings. The summed E-state index contributed by atoms with van der Waals surface area (Å²) >= 11 is 5.71. The number of hydrogen-bond donors (Lipinski definition) is 1. The van der Waals surface area contributed by atoms with Crippen molar-refractivity contribution in [2.45, 2.75) is 96.4 Å². The average molecular weight is 844 g/mol. The predicted octanol–water partition coefficient (Wildman–Crippen LogP) is 5.69. The number of nitrogens with zero attached hydrogens (tertiary/aromatic N) is 6. The molecule has 12 nitrogen and oxygen atoms in total. The number of thiocarbonyl (C=S) groups is 1. The minimum absolute atomic E-state index is 0.0115. The number of anilines is 2. The molecule has 0 aliphatic carbocycles. The minimum atomic E-state index is -4.85. The Bertz CT molecular complexity index is 2280. The number of nitrogens with one attached hydrogen (secondary N) is 1. The van der Waals surface area contributed by atoms with E-state index in [4.69, 9.17) is 17.0 Å². The van der Waals surface area contributed by atoms with Crippen LogP contribution in [-0.4, -0.2) is 93.8 Å². The average Bonchev–Trinajstić information content (AvgIpc) is 3.37. The van der Waals surface area contributed by atoms with Crippen LogP contribution in [0.3, 0.4) is 0 Å². The molecule has 3 aromatic rings. The monoisotopic (exact) mass is 843 g/mol. The van der Waals surface area contributed by atoms with Gasteiger partial charge in [0, 0.05) is 56.2 Å². The van der Waals surface area contributed by atoms with E-state index >= 15 is 0 Å². The zero-order valence-electron chi connectivity index (χ0n) is 34.1. The quantitative estimate of drug-likeness (QED) is 0.168. The Morgan fingerprint density at radius 2 is 1.73 bits per heavy atom. The first-order valence-corrected chi connectivity index (χ1v) is 20.7. The molecular formula is C44H48F3N7O5S. The summed E-state index contributed by atoms with van der Waals surface area (Å²) < 4.78 is 47.6. The predicted molar refractivity (Wildman–Crippen MR) is 221 cm³/mol. The number of nitriles is 1. The van der Waals surface area contributed by atoms with Crippen molar-refractivity contribution in [1.82, 2.24) is 20.1 Å². The SMILES string of the molecule is CCc1cc(N2C(=S)N(c3cnc(C#N)c(C(F)(F)F)c3)C(=O)C2(C)C)ccc1OCCN1C[C@@H]2CC[C@H]1CN2CC(=O)Cc1cc(C)cc(CC2CCC(=O)NC2=O)c1. The number of piperazine rings is 1. The number of amides is 3. The number of aromatic nitrogens is 1. The number of halogens is 3. The van der Waals surface area contributed by atoms with Crippen molar-refractivity contribution in [3.05, 3.63) is 82.2 Å². The second kappa shape index (κ2) is 17.0. The molecule has 8 rings (SSSR count). The van der Waals surface area contributed by atoms with Gasteiger partial charge < -0.3 is 9.64 Å². The van der Waals surface area contributed by atoms with Gasteiger partial charge in [-0.05, 0) is 106 Å². The number of hydrogen-bond acceptors (Lipinski definition) is 10. The number of benzene rings is 2. The molecule has 5 aliphatic rings. The summed E-state index contributed by atoms with van der Waals surface area (Å²) in [7, 11) is 0.